The molecule has 4 heterocycles. The molecule has 3 aromatic heterocycles. The molecule has 1 amide bonds. The SMILES string of the molecule is CCN1CCC(c2cnc(Nc3cc4c(cn3)cc(C(=O)N(C)C)n4C3CCCC3)nc2)CC1. The molecule has 0 spiro atoms. The van der Waals surface area contributed by atoms with E-state index in [1.54, 1.807) is 19.0 Å². The average molecular weight is 462 g/mol. The van der Waals surface area contributed by atoms with E-state index in [1.807, 2.05) is 30.7 Å². The number of pyridine rings is 1. The molecule has 1 aliphatic carbocycles. The van der Waals surface area contributed by atoms with Crippen molar-refractivity contribution in [1.29, 1.82) is 0 Å². The Kier molecular flexibility index (Phi) is 6.50. The van der Waals surface area contributed by atoms with Gasteiger partial charge in [0, 0.05) is 50.2 Å². The Bertz CT molecular complexity index is 1140. The van der Waals surface area contributed by atoms with Gasteiger partial charge in [0.1, 0.15) is 11.5 Å². The van der Waals surface area contributed by atoms with Gasteiger partial charge in [0.05, 0.1) is 5.52 Å². The van der Waals surface area contributed by atoms with E-state index in [-0.39, 0.29) is 5.91 Å². The van der Waals surface area contributed by atoms with Crippen molar-refractivity contribution in [3.63, 3.8) is 0 Å². The Morgan fingerprint density at radius 1 is 1.03 bits per heavy atom. The van der Waals surface area contributed by atoms with E-state index >= 15 is 0 Å². The van der Waals surface area contributed by atoms with Crippen LogP contribution in [0.4, 0.5) is 11.8 Å². The molecule has 0 unspecified atom stereocenters. The van der Waals surface area contributed by atoms with Gasteiger partial charge < -0.3 is 19.7 Å². The van der Waals surface area contributed by atoms with E-state index in [1.165, 1.54) is 18.4 Å². The number of aromatic nitrogens is 4. The van der Waals surface area contributed by atoms with Crippen LogP contribution in [-0.2, 0) is 0 Å². The van der Waals surface area contributed by atoms with Gasteiger partial charge in [0.25, 0.3) is 5.91 Å². The summed E-state index contributed by atoms with van der Waals surface area (Å²) >= 11 is 0. The van der Waals surface area contributed by atoms with Crippen molar-refractivity contribution in [3.8, 4) is 0 Å². The van der Waals surface area contributed by atoms with Crippen LogP contribution in [0.2, 0.25) is 0 Å². The minimum Gasteiger partial charge on any atom is -0.343 e. The van der Waals surface area contributed by atoms with Gasteiger partial charge in [0.2, 0.25) is 5.95 Å². The van der Waals surface area contributed by atoms with Gasteiger partial charge in [0.15, 0.2) is 0 Å². The minimum atomic E-state index is 0.0290. The fourth-order valence-electron chi connectivity index (χ4n) is 5.45. The molecule has 34 heavy (non-hydrogen) atoms. The third kappa shape index (κ3) is 4.51. The van der Waals surface area contributed by atoms with Crippen LogP contribution in [0.1, 0.15) is 73.5 Å². The number of hydrogen-bond acceptors (Lipinski definition) is 6. The van der Waals surface area contributed by atoms with Crippen molar-refractivity contribution in [3.05, 3.63) is 42.0 Å². The molecule has 180 valence electrons. The predicted octanol–water partition coefficient (Wildman–Crippen LogP) is 4.59. The first-order chi connectivity index (χ1) is 16.5. The van der Waals surface area contributed by atoms with Crippen LogP contribution >= 0.6 is 0 Å². The highest BCUT2D eigenvalue weighted by Crippen LogP contribution is 2.36. The molecule has 8 heteroatoms. The predicted molar refractivity (Wildman–Crippen MR) is 135 cm³/mol. The average Bonchev–Trinajstić information content (AvgIpc) is 3.51. The molecule has 0 bridgehead atoms. The maximum atomic E-state index is 12.9. The van der Waals surface area contributed by atoms with E-state index in [4.69, 9.17) is 0 Å². The maximum absolute atomic E-state index is 12.9. The molecular weight excluding hydrogens is 426 g/mol. The monoisotopic (exact) mass is 461 g/mol. The summed E-state index contributed by atoms with van der Waals surface area (Å²) in [6, 6.07) is 4.35. The number of rotatable bonds is 6. The Labute approximate surface area is 201 Å². The highest BCUT2D eigenvalue weighted by molar-refractivity contribution is 5.99. The van der Waals surface area contributed by atoms with Crippen LogP contribution in [-0.4, -0.2) is 69.0 Å². The molecule has 1 saturated carbocycles. The summed E-state index contributed by atoms with van der Waals surface area (Å²) in [5.74, 6) is 1.80. The van der Waals surface area contributed by atoms with Gasteiger partial charge >= 0.3 is 0 Å². The number of nitrogens with one attached hydrogen (secondary N) is 1. The summed E-state index contributed by atoms with van der Waals surface area (Å²) in [6.45, 7) is 5.63. The lowest BCUT2D eigenvalue weighted by molar-refractivity contribution is 0.0815. The van der Waals surface area contributed by atoms with Crippen molar-refractivity contribution < 1.29 is 4.79 Å². The molecule has 2 fully saturated rings. The first-order valence-corrected chi connectivity index (χ1v) is 12.6. The number of anilines is 2. The highest BCUT2D eigenvalue weighted by atomic mass is 16.2. The second kappa shape index (κ2) is 9.70. The number of amides is 1. The third-order valence-corrected chi connectivity index (χ3v) is 7.46. The van der Waals surface area contributed by atoms with E-state index in [9.17, 15) is 4.79 Å². The number of carbonyl (C=O) groups excluding carboxylic acids is 1. The van der Waals surface area contributed by atoms with Crippen molar-refractivity contribution in [2.75, 3.05) is 39.0 Å². The first-order valence-electron chi connectivity index (χ1n) is 12.6. The number of carbonyl (C=O) groups is 1. The summed E-state index contributed by atoms with van der Waals surface area (Å²) in [4.78, 5) is 30.8. The Morgan fingerprint density at radius 2 is 1.74 bits per heavy atom. The Morgan fingerprint density at radius 3 is 2.38 bits per heavy atom. The normalized spacial score (nSPS) is 18.0. The fourth-order valence-corrected chi connectivity index (χ4v) is 5.45. The second-order valence-corrected chi connectivity index (χ2v) is 9.84. The van der Waals surface area contributed by atoms with E-state index in [0.717, 1.165) is 61.9 Å². The molecule has 5 rings (SSSR count). The standard InChI is InChI=1S/C26H35N7O/c1-4-32-11-9-18(10-12-32)20-16-28-26(29-17-20)30-24-14-22-19(15-27-24)13-23(25(34)31(2)3)33(22)21-7-5-6-8-21/h13-18,21H,4-12H2,1-3H3,(H,27,28,29,30). The molecule has 1 N–H and O–H groups in total. The fraction of sp³-hybridized carbons (Fsp3) is 0.538. The topological polar surface area (TPSA) is 79.2 Å². The molecule has 8 nitrogen and oxygen atoms in total. The van der Waals surface area contributed by atoms with Gasteiger partial charge in [-0.05, 0) is 62.9 Å². The zero-order valence-corrected chi connectivity index (χ0v) is 20.5. The maximum Gasteiger partial charge on any atom is 0.270 e. The molecular formula is C26H35N7O. The van der Waals surface area contributed by atoms with E-state index in [2.05, 4.69) is 36.7 Å². The summed E-state index contributed by atoms with van der Waals surface area (Å²) in [7, 11) is 3.61. The molecule has 0 atom stereocenters. The molecule has 0 aromatic carbocycles. The number of nitrogens with zero attached hydrogens (tertiary/aromatic N) is 6. The van der Waals surface area contributed by atoms with Crippen LogP contribution in [0, 0.1) is 0 Å². The first kappa shape index (κ1) is 22.8. The number of hydrogen-bond donors (Lipinski definition) is 1. The zero-order chi connectivity index (χ0) is 23.7. The van der Waals surface area contributed by atoms with Crippen LogP contribution in [0.3, 0.4) is 0 Å². The number of likely N-dealkylation sites (tertiary alicyclic amines) is 1. The van der Waals surface area contributed by atoms with Crippen LogP contribution in [0.25, 0.3) is 10.9 Å². The van der Waals surface area contributed by atoms with E-state index < -0.39 is 0 Å². The van der Waals surface area contributed by atoms with Gasteiger partial charge in [-0.25, -0.2) is 15.0 Å². The summed E-state index contributed by atoms with van der Waals surface area (Å²) < 4.78 is 2.23. The number of fused-ring (bicyclic) bond motifs is 1. The summed E-state index contributed by atoms with van der Waals surface area (Å²) in [5, 5.41) is 4.25. The van der Waals surface area contributed by atoms with Gasteiger partial charge in [-0.15, -0.1) is 0 Å². The smallest absolute Gasteiger partial charge is 0.270 e. The molecule has 0 radical (unpaired) electrons. The number of piperidine rings is 1. The lowest BCUT2D eigenvalue weighted by Crippen LogP contribution is -2.32. The van der Waals surface area contributed by atoms with E-state index in [0.29, 0.717) is 23.7 Å². The van der Waals surface area contributed by atoms with Crippen molar-refractivity contribution >= 4 is 28.6 Å². The summed E-state index contributed by atoms with van der Waals surface area (Å²) in [6.07, 6.45) is 12.7. The van der Waals surface area contributed by atoms with Crippen molar-refractivity contribution in [2.45, 2.75) is 57.4 Å². The molecule has 2 aliphatic rings. The van der Waals surface area contributed by atoms with Gasteiger partial charge in [-0.2, -0.15) is 0 Å². The third-order valence-electron chi connectivity index (χ3n) is 7.46. The van der Waals surface area contributed by atoms with Crippen molar-refractivity contribution in [2.24, 2.45) is 0 Å². The summed E-state index contributed by atoms with van der Waals surface area (Å²) in [5.41, 5.74) is 2.99. The van der Waals surface area contributed by atoms with Gasteiger partial charge in [-0.1, -0.05) is 19.8 Å². The van der Waals surface area contributed by atoms with Crippen LogP contribution in [0.15, 0.2) is 30.7 Å². The van der Waals surface area contributed by atoms with Crippen LogP contribution in [0.5, 0.6) is 0 Å². The molecule has 3 aromatic rings. The lowest BCUT2D eigenvalue weighted by Gasteiger charge is -2.30. The van der Waals surface area contributed by atoms with Crippen molar-refractivity contribution in [1.82, 2.24) is 29.3 Å². The quantitative estimate of drug-likeness (QED) is 0.579. The zero-order valence-electron chi connectivity index (χ0n) is 20.5. The van der Waals surface area contributed by atoms with Gasteiger partial charge in [-0.3, -0.25) is 4.79 Å². The highest BCUT2D eigenvalue weighted by Gasteiger charge is 2.26. The Hall–Kier alpha value is -3.00. The minimum absolute atomic E-state index is 0.0290. The second-order valence-electron chi connectivity index (χ2n) is 9.84. The van der Waals surface area contributed by atoms with Crippen LogP contribution < -0.4 is 5.32 Å². The Balaban J connectivity index is 1.38. The lowest BCUT2D eigenvalue weighted by atomic mass is 9.91. The largest absolute Gasteiger partial charge is 0.343 e. The molecule has 1 saturated heterocycles. The molecule has 1 aliphatic heterocycles.